The van der Waals surface area contributed by atoms with E-state index in [1.54, 1.807) is 0 Å². The predicted molar refractivity (Wildman–Crippen MR) is 105 cm³/mol. The first-order chi connectivity index (χ1) is 13.0. The van der Waals surface area contributed by atoms with E-state index in [0.29, 0.717) is 17.4 Å². The SMILES string of the molecule is Cc1cccc(Oc2ccc(C(=O)N(C)C3C[C@H]4CC(O)C[C@H]4C3)cc2)c1. The lowest BCUT2D eigenvalue weighted by molar-refractivity contribution is 0.0722. The van der Waals surface area contributed by atoms with Crippen molar-refractivity contribution in [3.05, 3.63) is 59.7 Å². The summed E-state index contributed by atoms with van der Waals surface area (Å²) in [5.74, 6) is 2.73. The standard InChI is InChI=1S/C23H27NO3/c1-15-4-3-5-22(10-15)27-21-8-6-16(7-9-21)23(26)24(2)19-11-17-13-20(25)14-18(17)12-19/h3-10,17-20,25H,11-14H2,1-2H3/t17-,18+,19?,20?. The minimum atomic E-state index is -0.136. The molecule has 0 heterocycles. The van der Waals surface area contributed by atoms with Crippen molar-refractivity contribution in [2.45, 2.75) is 44.8 Å². The van der Waals surface area contributed by atoms with Gasteiger partial charge in [-0.1, -0.05) is 12.1 Å². The number of nitrogens with zero attached hydrogens (tertiary/aromatic N) is 1. The van der Waals surface area contributed by atoms with Crippen molar-refractivity contribution in [1.82, 2.24) is 4.90 Å². The van der Waals surface area contributed by atoms with Crippen LogP contribution in [0.5, 0.6) is 11.5 Å². The first-order valence-corrected chi connectivity index (χ1v) is 9.79. The summed E-state index contributed by atoms with van der Waals surface area (Å²) in [6.07, 6.45) is 3.68. The Kier molecular flexibility index (Phi) is 4.92. The van der Waals surface area contributed by atoms with Gasteiger partial charge in [0.15, 0.2) is 0 Å². The highest BCUT2D eigenvalue weighted by Gasteiger charge is 2.43. The largest absolute Gasteiger partial charge is 0.457 e. The number of benzene rings is 2. The maximum atomic E-state index is 12.9. The molecule has 4 nitrogen and oxygen atoms in total. The summed E-state index contributed by atoms with van der Waals surface area (Å²) in [5.41, 5.74) is 1.83. The molecule has 0 spiro atoms. The number of hydrogen-bond acceptors (Lipinski definition) is 3. The van der Waals surface area contributed by atoms with Crippen molar-refractivity contribution in [2.75, 3.05) is 7.05 Å². The van der Waals surface area contributed by atoms with E-state index in [9.17, 15) is 9.90 Å². The van der Waals surface area contributed by atoms with Crippen LogP contribution >= 0.6 is 0 Å². The average molecular weight is 365 g/mol. The van der Waals surface area contributed by atoms with Crippen molar-refractivity contribution in [2.24, 2.45) is 11.8 Å². The predicted octanol–water partition coefficient (Wildman–Crippen LogP) is 4.41. The molecule has 4 atom stereocenters. The van der Waals surface area contributed by atoms with E-state index in [0.717, 1.165) is 42.7 Å². The van der Waals surface area contributed by atoms with Gasteiger partial charge in [0.1, 0.15) is 11.5 Å². The van der Waals surface area contributed by atoms with E-state index in [-0.39, 0.29) is 18.1 Å². The molecule has 0 saturated heterocycles. The number of carbonyl (C=O) groups excluding carboxylic acids is 1. The molecule has 2 aliphatic carbocycles. The first-order valence-electron chi connectivity index (χ1n) is 9.79. The van der Waals surface area contributed by atoms with Crippen molar-refractivity contribution in [3.63, 3.8) is 0 Å². The number of amides is 1. The van der Waals surface area contributed by atoms with Gasteiger partial charge in [-0.2, -0.15) is 0 Å². The van der Waals surface area contributed by atoms with Gasteiger partial charge >= 0.3 is 0 Å². The Labute approximate surface area is 160 Å². The maximum Gasteiger partial charge on any atom is 0.253 e. The molecule has 142 valence electrons. The topological polar surface area (TPSA) is 49.8 Å². The quantitative estimate of drug-likeness (QED) is 0.873. The van der Waals surface area contributed by atoms with Crippen molar-refractivity contribution < 1.29 is 14.6 Å². The molecule has 2 aromatic rings. The molecule has 0 radical (unpaired) electrons. The molecule has 1 amide bonds. The van der Waals surface area contributed by atoms with Gasteiger partial charge in [-0.25, -0.2) is 0 Å². The summed E-state index contributed by atoms with van der Waals surface area (Å²) < 4.78 is 5.87. The van der Waals surface area contributed by atoms with Crippen LogP contribution in [0.15, 0.2) is 48.5 Å². The highest BCUT2D eigenvalue weighted by atomic mass is 16.5. The molecule has 2 saturated carbocycles. The number of hydrogen-bond donors (Lipinski definition) is 1. The van der Waals surface area contributed by atoms with Crippen molar-refractivity contribution >= 4 is 5.91 Å². The second-order valence-corrected chi connectivity index (χ2v) is 8.13. The third-order valence-corrected chi connectivity index (χ3v) is 6.16. The average Bonchev–Trinajstić information content (AvgIpc) is 3.18. The number of ether oxygens (including phenoxy) is 1. The summed E-state index contributed by atoms with van der Waals surface area (Å²) in [6.45, 7) is 2.03. The minimum absolute atomic E-state index is 0.0580. The van der Waals surface area contributed by atoms with Crippen LogP contribution in [0.1, 0.15) is 41.6 Å². The second kappa shape index (κ2) is 7.35. The Morgan fingerprint density at radius 1 is 1.00 bits per heavy atom. The third kappa shape index (κ3) is 3.86. The molecule has 2 fully saturated rings. The van der Waals surface area contributed by atoms with Gasteiger partial charge in [0.25, 0.3) is 5.91 Å². The van der Waals surface area contributed by atoms with Crippen LogP contribution in [0.25, 0.3) is 0 Å². The summed E-state index contributed by atoms with van der Waals surface area (Å²) in [5, 5.41) is 9.80. The van der Waals surface area contributed by atoms with E-state index >= 15 is 0 Å². The van der Waals surface area contributed by atoms with E-state index in [1.807, 2.05) is 67.4 Å². The molecule has 4 heteroatoms. The molecule has 4 rings (SSSR count). The Balaban J connectivity index is 1.39. The molecule has 0 aliphatic heterocycles. The summed E-state index contributed by atoms with van der Waals surface area (Å²) in [4.78, 5) is 14.8. The van der Waals surface area contributed by atoms with Gasteiger partial charge < -0.3 is 14.7 Å². The zero-order chi connectivity index (χ0) is 19.0. The van der Waals surface area contributed by atoms with E-state index in [2.05, 4.69) is 0 Å². The summed E-state index contributed by atoms with van der Waals surface area (Å²) in [6, 6.07) is 15.6. The van der Waals surface area contributed by atoms with E-state index in [1.165, 1.54) is 0 Å². The lowest BCUT2D eigenvalue weighted by Crippen LogP contribution is -2.36. The van der Waals surface area contributed by atoms with Gasteiger partial charge in [-0.15, -0.1) is 0 Å². The number of fused-ring (bicyclic) bond motifs is 1. The van der Waals surface area contributed by atoms with Crippen LogP contribution < -0.4 is 4.74 Å². The highest BCUT2D eigenvalue weighted by molar-refractivity contribution is 5.94. The van der Waals surface area contributed by atoms with Gasteiger partial charge in [0, 0.05) is 18.7 Å². The smallest absolute Gasteiger partial charge is 0.253 e. The van der Waals surface area contributed by atoms with E-state index in [4.69, 9.17) is 4.74 Å². The fourth-order valence-corrected chi connectivity index (χ4v) is 4.72. The van der Waals surface area contributed by atoms with Gasteiger partial charge in [-0.3, -0.25) is 4.79 Å². The third-order valence-electron chi connectivity index (χ3n) is 6.16. The van der Waals surface area contributed by atoms with Gasteiger partial charge in [-0.05, 0) is 86.4 Å². The number of rotatable bonds is 4. The lowest BCUT2D eigenvalue weighted by Gasteiger charge is -2.25. The molecular weight excluding hydrogens is 338 g/mol. The minimum Gasteiger partial charge on any atom is -0.457 e. The molecular formula is C23H27NO3. The Morgan fingerprint density at radius 2 is 1.67 bits per heavy atom. The molecule has 2 unspecified atom stereocenters. The molecule has 2 aliphatic rings. The molecule has 2 aromatic carbocycles. The first kappa shape index (κ1) is 18.1. The number of aliphatic hydroxyl groups excluding tert-OH is 1. The molecule has 27 heavy (non-hydrogen) atoms. The normalized spacial score (nSPS) is 26.6. The number of aryl methyl sites for hydroxylation is 1. The van der Waals surface area contributed by atoms with E-state index < -0.39 is 0 Å². The Hall–Kier alpha value is -2.33. The van der Waals surface area contributed by atoms with Crippen LogP contribution in [0.2, 0.25) is 0 Å². The lowest BCUT2D eigenvalue weighted by atomic mass is 10.0. The van der Waals surface area contributed by atoms with Crippen LogP contribution in [-0.2, 0) is 0 Å². The Bertz CT molecular complexity index is 803. The monoisotopic (exact) mass is 365 g/mol. The van der Waals surface area contributed by atoms with Crippen LogP contribution in [-0.4, -0.2) is 35.1 Å². The number of aliphatic hydroxyl groups is 1. The zero-order valence-electron chi connectivity index (χ0n) is 16.0. The van der Waals surface area contributed by atoms with Gasteiger partial charge in [0.2, 0.25) is 0 Å². The maximum absolute atomic E-state index is 12.9. The Morgan fingerprint density at radius 3 is 2.30 bits per heavy atom. The summed E-state index contributed by atoms with van der Waals surface area (Å²) in [7, 11) is 1.90. The van der Waals surface area contributed by atoms with Crippen molar-refractivity contribution in [1.29, 1.82) is 0 Å². The van der Waals surface area contributed by atoms with Crippen molar-refractivity contribution in [3.8, 4) is 11.5 Å². The fourth-order valence-electron chi connectivity index (χ4n) is 4.72. The molecule has 0 aromatic heterocycles. The van der Waals surface area contributed by atoms with Gasteiger partial charge in [0.05, 0.1) is 6.10 Å². The van der Waals surface area contributed by atoms with Crippen LogP contribution in [0, 0.1) is 18.8 Å². The second-order valence-electron chi connectivity index (χ2n) is 8.13. The molecule has 1 N–H and O–H groups in total. The summed E-state index contributed by atoms with van der Waals surface area (Å²) >= 11 is 0. The number of carbonyl (C=O) groups is 1. The molecule has 0 bridgehead atoms. The zero-order valence-corrected chi connectivity index (χ0v) is 16.0. The van der Waals surface area contributed by atoms with Crippen LogP contribution in [0.4, 0.5) is 0 Å². The highest BCUT2D eigenvalue weighted by Crippen LogP contribution is 2.45. The fraction of sp³-hybridized carbons (Fsp3) is 0.435. The van der Waals surface area contributed by atoms with Crippen LogP contribution in [0.3, 0.4) is 0 Å².